The minimum Gasteiger partial charge on any atom is -0.493 e. The second kappa shape index (κ2) is 7.93. The zero-order valence-corrected chi connectivity index (χ0v) is 16.6. The Balaban J connectivity index is 1.42. The Morgan fingerprint density at radius 2 is 2.18 bits per heavy atom. The molecular formula is C20H22N4O3S. The zero-order valence-electron chi connectivity index (χ0n) is 15.8. The molecule has 2 aromatic heterocycles. The van der Waals surface area contributed by atoms with Gasteiger partial charge < -0.3 is 19.7 Å². The highest BCUT2D eigenvalue weighted by Crippen LogP contribution is 2.31. The molecule has 1 aromatic carbocycles. The molecule has 2 N–H and O–H groups in total. The Labute approximate surface area is 167 Å². The van der Waals surface area contributed by atoms with E-state index in [0.29, 0.717) is 23.6 Å². The van der Waals surface area contributed by atoms with Gasteiger partial charge in [-0.15, -0.1) is 11.3 Å². The second-order valence-corrected chi connectivity index (χ2v) is 7.51. The van der Waals surface area contributed by atoms with Crippen molar-refractivity contribution < 1.29 is 14.3 Å². The summed E-state index contributed by atoms with van der Waals surface area (Å²) in [6.07, 6.45) is 0.860. The summed E-state index contributed by atoms with van der Waals surface area (Å²) in [6, 6.07) is 11.5. The van der Waals surface area contributed by atoms with Gasteiger partial charge in [-0.05, 0) is 30.0 Å². The fourth-order valence-corrected chi connectivity index (χ4v) is 4.14. The van der Waals surface area contributed by atoms with E-state index >= 15 is 0 Å². The summed E-state index contributed by atoms with van der Waals surface area (Å²) in [5.74, 6) is 1.73. The van der Waals surface area contributed by atoms with Crippen molar-refractivity contribution in [3.8, 4) is 22.1 Å². The predicted molar refractivity (Wildman–Crippen MR) is 110 cm³/mol. The van der Waals surface area contributed by atoms with E-state index in [1.165, 1.54) is 7.11 Å². The minimum absolute atomic E-state index is 0.0466. The van der Waals surface area contributed by atoms with Crippen LogP contribution in [-0.4, -0.2) is 49.5 Å². The maximum Gasteiger partial charge on any atom is 0.255 e. The van der Waals surface area contributed by atoms with Crippen molar-refractivity contribution in [1.29, 1.82) is 0 Å². The maximum absolute atomic E-state index is 12.8. The molecule has 1 atom stereocenters. The summed E-state index contributed by atoms with van der Waals surface area (Å²) < 4.78 is 10.7. The first-order chi connectivity index (χ1) is 13.7. The minimum atomic E-state index is -0.163. The number of ether oxygens (including phenoxy) is 2. The van der Waals surface area contributed by atoms with Crippen LogP contribution in [0, 0.1) is 0 Å². The molecule has 1 saturated heterocycles. The number of amides is 1. The van der Waals surface area contributed by atoms with Crippen LogP contribution < -0.4 is 19.7 Å². The van der Waals surface area contributed by atoms with E-state index in [4.69, 9.17) is 9.47 Å². The van der Waals surface area contributed by atoms with E-state index < -0.39 is 0 Å². The van der Waals surface area contributed by atoms with Crippen molar-refractivity contribution in [1.82, 2.24) is 15.5 Å². The van der Waals surface area contributed by atoms with Crippen LogP contribution in [0.3, 0.4) is 0 Å². The number of hydrogen-bond donors (Lipinski definition) is 2. The number of para-hydroxylation sites is 1. The molecule has 0 radical (unpaired) electrons. The lowest BCUT2D eigenvalue weighted by atomic mass is 10.1. The first-order valence-electron chi connectivity index (χ1n) is 9.05. The number of nitrogens with one attached hydrogen (secondary N) is 2. The number of rotatable bonds is 6. The molecule has 7 nitrogen and oxygen atoms in total. The van der Waals surface area contributed by atoms with Crippen molar-refractivity contribution in [3.63, 3.8) is 0 Å². The van der Waals surface area contributed by atoms with Crippen LogP contribution in [0.15, 0.2) is 41.8 Å². The van der Waals surface area contributed by atoms with Crippen LogP contribution in [0.4, 0.5) is 5.82 Å². The van der Waals surface area contributed by atoms with Gasteiger partial charge >= 0.3 is 0 Å². The Bertz CT molecular complexity index is 954. The van der Waals surface area contributed by atoms with Crippen molar-refractivity contribution in [2.24, 2.45) is 0 Å². The molecule has 0 saturated carbocycles. The number of carbonyl (C=O) groups excluding carboxylic acids is 1. The number of benzene rings is 1. The molecule has 0 unspecified atom stereocenters. The third-order valence-electron chi connectivity index (χ3n) is 4.85. The van der Waals surface area contributed by atoms with Crippen molar-refractivity contribution in [2.45, 2.75) is 12.5 Å². The molecule has 3 aromatic rings. The SMILES string of the molecule is COc1cccc(C(=O)N[C@@H]2CCN(c3cc(-c4cccs4)[nH]n3)C2)c1OC. The molecule has 28 heavy (non-hydrogen) atoms. The molecular weight excluding hydrogens is 376 g/mol. The molecule has 146 valence electrons. The quantitative estimate of drug-likeness (QED) is 0.667. The number of carbonyl (C=O) groups is 1. The van der Waals surface area contributed by atoms with Gasteiger partial charge in [0, 0.05) is 25.2 Å². The molecule has 3 heterocycles. The van der Waals surface area contributed by atoms with Gasteiger partial charge in [-0.1, -0.05) is 12.1 Å². The lowest BCUT2D eigenvalue weighted by Gasteiger charge is -2.17. The second-order valence-electron chi connectivity index (χ2n) is 6.56. The number of anilines is 1. The summed E-state index contributed by atoms with van der Waals surface area (Å²) in [6.45, 7) is 1.56. The first-order valence-corrected chi connectivity index (χ1v) is 9.93. The maximum atomic E-state index is 12.8. The molecule has 4 rings (SSSR count). The third kappa shape index (κ3) is 3.55. The van der Waals surface area contributed by atoms with Crippen LogP contribution in [0.2, 0.25) is 0 Å². The Kier molecular flexibility index (Phi) is 5.21. The molecule has 8 heteroatoms. The van der Waals surface area contributed by atoms with Gasteiger partial charge in [0.05, 0.1) is 30.4 Å². The van der Waals surface area contributed by atoms with E-state index in [0.717, 1.165) is 29.4 Å². The van der Waals surface area contributed by atoms with Gasteiger partial charge in [0.2, 0.25) is 0 Å². The molecule has 0 aliphatic carbocycles. The van der Waals surface area contributed by atoms with Gasteiger partial charge in [0.15, 0.2) is 17.3 Å². The number of aromatic amines is 1. The van der Waals surface area contributed by atoms with Crippen LogP contribution in [0.1, 0.15) is 16.8 Å². The fraction of sp³-hybridized carbons (Fsp3) is 0.300. The van der Waals surface area contributed by atoms with Crippen molar-refractivity contribution >= 4 is 23.1 Å². The summed E-state index contributed by atoms with van der Waals surface area (Å²) in [4.78, 5) is 16.1. The third-order valence-corrected chi connectivity index (χ3v) is 5.75. The normalized spacial score (nSPS) is 16.2. The van der Waals surface area contributed by atoms with Gasteiger partial charge in [0.25, 0.3) is 5.91 Å². The smallest absolute Gasteiger partial charge is 0.255 e. The predicted octanol–water partition coefficient (Wildman–Crippen LogP) is 3.16. The number of nitrogens with zero attached hydrogens (tertiary/aromatic N) is 2. The highest BCUT2D eigenvalue weighted by atomic mass is 32.1. The van der Waals surface area contributed by atoms with E-state index in [1.54, 1.807) is 36.6 Å². The van der Waals surface area contributed by atoms with Crippen LogP contribution in [-0.2, 0) is 0 Å². The van der Waals surface area contributed by atoms with Crippen LogP contribution in [0.25, 0.3) is 10.6 Å². The summed E-state index contributed by atoms with van der Waals surface area (Å²) >= 11 is 1.68. The van der Waals surface area contributed by atoms with E-state index in [2.05, 4.69) is 32.5 Å². The Hall–Kier alpha value is -3.00. The Morgan fingerprint density at radius 1 is 1.29 bits per heavy atom. The number of thiophene rings is 1. The van der Waals surface area contributed by atoms with Gasteiger partial charge in [-0.3, -0.25) is 9.89 Å². The highest BCUT2D eigenvalue weighted by molar-refractivity contribution is 7.13. The molecule has 1 aliphatic rings. The average molecular weight is 398 g/mol. The average Bonchev–Trinajstić information content (AvgIpc) is 3.47. The van der Waals surface area contributed by atoms with E-state index in [-0.39, 0.29) is 11.9 Å². The summed E-state index contributed by atoms with van der Waals surface area (Å²) in [7, 11) is 3.09. The first kappa shape index (κ1) is 18.4. The number of hydrogen-bond acceptors (Lipinski definition) is 6. The monoisotopic (exact) mass is 398 g/mol. The molecule has 0 spiro atoms. The van der Waals surface area contributed by atoms with Gasteiger partial charge in [-0.2, -0.15) is 5.10 Å². The lowest BCUT2D eigenvalue weighted by Crippen LogP contribution is -2.37. The molecule has 0 bridgehead atoms. The lowest BCUT2D eigenvalue weighted by molar-refractivity contribution is 0.0936. The summed E-state index contributed by atoms with van der Waals surface area (Å²) in [5.41, 5.74) is 1.48. The molecule has 1 amide bonds. The molecule has 1 aliphatic heterocycles. The number of aromatic nitrogens is 2. The van der Waals surface area contributed by atoms with Crippen LogP contribution >= 0.6 is 11.3 Å². The van der Waals surface area contributed by atoms with E-state index in [1.807, 2.05) is 11.4 Å². The topological polar surface area (TPSA) is 79.5 Å². The van der Waals surface area contributed by atoms with Gasteiger partial charge in [-0.25, -0.2) is 0 Å². The highest BCUT2D eigenvalue weighted by Gasteiger charge is 2.27. The Morgan fingerprint density at radius 3 is 2.93 bits per heavy atom. The number of methoxy groups -OCH3 is 2. The largest absolute Gasteiger partial charge is 0.493 e. The van der Waals surface area contributed by atoms with Crippen LogP contribution in [0.5, 0.6) is 11.5 Å². The molecule has 1 fully saturated rings. The summed E-state index contributed by atoms with van der Waals surface area (Å²) in [5, 5.41) is 12.7. The standard InChI is InChI=1S/C20H22N4O3S/c1-26-16-6-3-5-14(19(16)27-2)20(25)21-13-8-9-24(12-13)18-11-15(22-23-18)17-7-4-10-28-17/h3-7,10-11,13H,8-9,12H2,1-2H3,(H,21,25)(H,22,23)/t13-/m1/s1. The number of H-pyrrole nitrogens is 1. The fourth-order valence-electron chi connectivity index (χ4n) is 3.45. The van der Waals surface area contributed by atoms with Gasteiger partial charge in [0.1, 0.15) is 0 Å². The van der Waals surface area contributed by atoms with E-state index in [9.17, 15) is 4.79 Å². The van der Waals surface area contributed by atoms with Crippen molar-refractivity contribution in [2.75, 3.05) is 32.2 Å². The zero-order chi connectivity index (χ0) is 19.5. The van der Waals surface area contributed by atoms with Crippen molar-refractivity contribution in [3.05, 3.63) is 47.3 Å².